The summed E-state index contributed by atoms with van der Waals surface area (Å²) in [5.74, 6) is 0.408. The highest BCUT2D eigenvalue weighted by atomic mass is 32.1. The lowest BCUT2D eigenvalue weighted by atomic mass is 10.1. The standard InChI is InChI=1S/C22H27N5O3S/c1-13(5-9-19(28)23-3)24-22(30)18-8-10-20(31-18)27(4)12-15-6-7-17-16(11-15)21(29)26-14(2)25-17/h6-8,10-11,13H,5,9,12H2,1-4H3,(H,23,28)(H,24,30)(H,25,26,29). The van der Waals surface area contributed by atoms with Crippen molar-refractivity contribution >= 4 is 39.1 Å². The molecular formula is C22H27N5O3S. The molecule has 2 heterocycles. The monoisotopic (exact) mass is 441 g/mol. The van der Waals surface area contributed by atoms with Gasteiger partial charge in [0, 0.05) is 33.1 Å². The Balaban J connectivity index is 1.64. The molecular weight excluding hydrogens is 414 g/mol. The molecule has 1 atom stereocenters. The number of rotatable bonds is 8. The number of fused-ring (bicyclic) bond motifs is 1. The van der Waals surface area contributed by atoms with E-state index in [0.717, 1.165) is 10.6 Å². The molecule has 2 aromatic heterocycles. The Morgan fingerprint density at radius 3 is 2.77 bits per heavy atom. The molecule has 0 fully saturated rings. The van der Waals surface area contributed by atoms with Crippen molar-refractivity contribution in [2.75, 3.05) is 19.0 Å². The maximum atomic E-state index is 12.5. The van der Waals surface area contributed by atoms with Crippen LogP contribution in [0.15, 0.2) is 35.1 Å². The summed E-state index contributed by atoms with van der Waals surface area (Å²) in [5.41, 5.74) is 1.51. The SMILES string of the molecule is CNC(=O)CCC(C)NC(=O)c1ccc(N(C)Cc2ccc3nc(C)[nH]c(=O)c3c2)s1. The number of hydrogen-bond acceptors (Lipinski definition) is 6. The van der Waals surface area contributed by atoms with Crippen LogP contribution in [0.3, 0.4) is 0 Å². The minimum absolute atomic E-state index is 0.0391. The first-order valence-corrected chi connectivity index (χ1v) is 10.9. The number of aromatic amines is 1. The zero-order valence-corrected chi connectivity index (χ0v) is 18.9. The quantitative estimate of drug-likeness (QED) is 0.498. The number of nitrogens with zero attached hydrogens (tertiary/aromatic N) is 2. The predicted octanol–water partition coefficient (Wildman–Crippen LogP) is 2.57. The number of carbonyl (C=O) groups excluding carboxylic acids is 2. The summed E-state index contributed by atoms with van der Waals surface area (Å²) in [6.45, 7) is 4.24. The van der Waals surface area contributed by atoms with Crippen molar-refractivity contribution < 1.29 is 9.59 Å². The van der Waals surface area contributed by atoms with Gasteiger partial charge in [-0.15, -0.1) is 11.3 Å². The molecule has 0 saturated carbocycles. The van der Waals surface area contributed by atoms with Crippen LogP contribution < -0.4 is 21.1 Å². The fourth-order valence-electron chi connectivity index (χ4n) is 3.25. The number of aryl methyl sites for hydroxylation is 1. The third kappa shape index (κ3) is 5.69. The average Bonchev–Trinajstić information content (AvgIpc) is 3.23. The number of carbonyl (C=O) groups is 2. The van der Waals surface area contributed by atoms with E-state index in [2.05, 4.69) is 20.6 Å². The number of H-pyrrole nitrogens is 1. The maximum absolute atomic E-state index is 12.5. The molecule has 9 heteroatoms. The lowest BCUT2D eigenvalue weighted by Crippen LogP contribution is -2.33. The molecule has 31 heavy (non-hydrogen) atoms. The van der Waals surface area contributed by atoms with Gasteiger partial charge in [-0.1, -0.05) is 6.07 Å². The molecule has 0 radical (unpaired) electrons. The number of benzene rings is 1. The molecule has 0 saturated heterocycles. The normalized spacial score (nSPS) is 11.9. The zero-order valence-electron chi connectivity index (χ0n) is 18.1. The third-order valence-corrected chi connectivity index (χ3v) is 6.16. The largest absolute Gasteiger partial charge is 0.362 e. The maximum Gasteiger partial charge on any atom is 0.261 e. The second kappa shape index (κ2) is 9.74. The smallest absolute Gasteiger partial charge is 0.261 e. The van der Waals surface area contributed by atoms with Crippen LogP contribution in [0.5, 0.6) is 0 Å². The Kier molecular flexibility index (Phi) is 7.06. The van der Waals surface area contributed by atoms with Crippen molar-refractivity contribution in [1.82, 2.24) is 20.6 Å². The number of thiophene rings is 1. The van der Waals surface area contributed by atoms with Crippen molar-refractivity contribution in [2.45, 2.75) is 39.3 Å². The van der Waals surface area contributed by atoms with Crippen molar-refractivity contribution in [3.63, 3.8) is 0 Å². The van der Waals surface area contributed by atoms with Crippen LogP contribution in [-0.4, -0.2) is 41.9 Å². The molecule has 3 aromatic rings. The van der Waals surface area contributed by atoms with E-state index in [-0.39, 0.29) is 23.4 Å². The van der Waals surface area contributed by atoms with Gasteiger partial charge in [-0.05, 0) is 50.1 Å². The Labute approximate surface area is 184 Å². The summed E-state index contributed by atoms with van der Waals surface area (Å²) >= 11 is 1.40. The van der Waals surface area contributed by atoms with E-state index in [0.29, 0.717) is 41.0 Å². The minimum atomic E-state index is -0.146. The molecule has 3 rings (SSSR count). The summed E-state index contributed by atoms with van der Waals surface area (Å²) in [5, 5.41) is 7.02. The van der Waals surface area contributed by atoms with Gasteiger partial charge in [0.25, 0.3) is 11.5 Å². The Hall–Kier alpha value is -3.20. The second-order valence-corrected chi connectivity index (χ2v) is 8.65. The minimum Gasteiger partial charge on any atom is -0.362 e. The Bertz CT molecular complexity index is 1150. The second-order valence-electron chi connectivity index (χ2n) is 7.58. The van der Waals surface area contributed by atoms with Gasteiger partial charge in [0.2, 0.25) is 5.91 Å². The van der Waals surface area contributed by atoms with Gasteiger partial charge in [0.15, 0.2) is 0 Å². The summed E-state index contributed by atoms with van der Waals surface area (Å²) in [7, 11) is 3.55. The number of aromatic nitrogens is 2. The van der Waals surface area contributed by atoms with Crippen LogP contribution in [0.4, 0.5) is 5.00 Å². The third-order valence-electron chi connectivity index (χ3n) is 4.96. The molecule has 0 aliphatic rings. The first-order chi connectivity index (χ1) is 14.8. The molecule has 1 unspecified atom stereocenters. The van der Waals surface area contributed by atoms with Crippen LogP contribution in [0.1, 0.15) is 40.8 Å². The summed E-state index contributed by atoms with van der Waals surface area (Å²) in [6, 6.07) is 9.28. The number of amides is 2. The van der Waals surface area contributed by atoms with E-state index in [9.17, 15) is 14.4 Å². The molecule has 1 aromatic carbocycles. The molecule has 3 N–H and O–H groups in total. The van der Waals surface area contributed by atoms with Crippen molar-refractivity contribution in [1.29, 1.82) is 0 Å². The number of nitrogens with one attached hydrogen (secondary N) is 3. The lowest BCUT2D eigenvalue weighted by molar-refractivity contribution is -0.120. The fourth-order valence-corrected chi connectivity index (χ4v) is 4.12. The highest BCUT2D eigenvalue weighted by Gasteiger charge is 2.15. The van der Waals surface area contributed by atoms with E-state index >= 15 is 0 Å². The first kappa shape index (κ1) is 22.5. The first-order valence-electron chi connectivity index (χ1n) is 10.1. The number of hydrogen-bond donors (Lipinski definition) is 3. The molecule has 0 aliphatic heterocycles. The van der Waals surface area contributed by atoms with Gasteiger partial charge in [-0.25, -0.2) is 4.98 Å². The Morgan fingerprint density at radius 2 is 2.03 bits per heavy atom. The van der Waals surface area contributed by atoms with Gasteiger partial charge in [0.05, 0.1) is 20.8 Å². The summed E-state index contributed by atoms with van der Waals surface area (Å²) < 4.78 is 0. The zero-order chi connectivity index (χ0) is 22.5. The van der Waals surface area contributed by atoms with Crippen molar-refractivity contribution in [2.24, 2.45) is 0 Å². The summed E-state index contributed by atoms with van der Waals surface area (Å²) in [4.78, 5) is 45.8. The topological polar surface area (TPSA) is 107 Å². The Morgan fingerprint density at radius 1 is 1.26 bits per heavy atom. The molecule has 8 nitrogen and oxygen atoms in total. The van der Waals surface area contributed by atoms with E-state index in [4.69, 9.17) is 0 Å². The van der Waals surface area contributed by atoms with Gasteiger partial charge >= 0.3 is 0 Å². The highest BCUT2D eigenvalue weighted by molar-refractivity contribution is 7.17. The highest BCUT2D eigenvalue weighted by Crippen LogP contribution is 2.27. The van der Waals surface area contributed by atoms with Crippen LogP contribution in [0.25, 0.3) is 10.9 Å². The number of anilines is 1. The van der Waals surface area contributed by atoms with Crippen LogP contribution in [0, 0.1) is 6.92 Å². The van der Waals surface area contributed by atoms with Crippen molar-refractivity contribution in [3.8, 4) is 0 Å². The molecule has 164 valence electrons. The summed E-state index contributed by atoms with van der Waals surface area (Å²) in [6.07, 6.45) is 0.957. The van der Waals surface area contributed by atoms with Crippen LogP contribution in [-0.2, 0) is 11.3 Å². The lowest BCUT2D eigenvalue weighted by Gasteiger charge is -2.17. The van der Waals surface area contributed by atoms with Gasteiger partial charge < -0.3 is 20.5 Å². The van der Waals surface area contributed by atoms with Gasteiger partial charge in [-0.3, -0.25) is 14.4 Å². The van der Waals surface area contributed by atoms with E-state index in [1.54, 1.807) is 20.0 Å². The molecule has 2 amide bonds. The van der Waals surface area contributed by atoms with E-state index in [1.807, 2.05) is 43.1 Å². The van der Waals surface area contributed by atoms with E-state index in [1.165, 1.54) is 11.3 Å². The molecule has 0 bridgehead atoms. The van der Waals surface area contributed by atoms with Gasteiger partial charge in [0.1, 0.15) is 5.82 Å². The van der Waals surface area contributed by atoms with E-state index < -0.39 is 0 Å². The van der Waals surface area contributed by atoms with Crippen LogP contribution in [0.2, 0.25) is 0 Å². The fraction of sp³-hybridized carbons (Fsp3) is 0.364. The predicted molar refractivity (Wildman–Crippen MR) is 124 cm³/mol. The average molecular weight is 442 g/mol. The molecule has 0 aliphatic carbocycles. The van der Waals surface area contributed by atoms with Crippen LogP contribution >= 0.6 is 11.3 Å². The van der Waals surface area contributed by atoms with Crippen molar-refractivity contribution in [3.05, 3.63) is 57.0 Å². The van der Waals surface area contributed by atoms with Gasteiger partial charge in [-0.2, -0.15) is 0 Å². The molecule has 0 spiro atoms.